The van der Waals surface area contributed by atoms with Gasteiger partial charge in [-0.2, -0.15) is 0 Å². The second-order valence-corrected chi connectivity index (χ2v) is 4.81. The van der Waals surface area contributed by atoms with Crippen molar-refractivity contribution < 1.29 is 9.15 Å². The first kappa shape index (κ1) is 14.5. The number of furan rings is 1. The lowest BCUT2D eigenvalue weighted by molar-refractivity contribution is 0.414. The average molecular weight is 274 g/mol. The highest BCUT2D eigenvalue weighted by Gasteiger charge is 2.08. The second kappa shape index (κ2) is 7.01. The second-order valence-electron chi connectivity index (χ2n) is 4.81. The van der Waals surface area contributed by atoms with Gasteiger partial charge in [-0.1, -0.05) is 6.07 Å². The first-order valence-corrected chi connectivity index (χ1v) is 6.82. The molecule has 0 saturated heterocycles. The zero-order valence-corrected chi connectivity index (χ0v) is 12.3. The molecule has 0 amide bonds. The topological polar surface area (TPSA) is 37.6 Å². The van der Waals surface area contributed by atoms with E-state index in [9.17, 15) is 0 Å². The highest BCUT2D eigenvalue weighted by atomic mass is 16.5. The highest BCUT2D eigenvalue weighted by molar-refractivity contribution is 5.50. The standard InChI is InChI=1S/C16H22N2O2/c1-13(16-8-5-11-20-16)17-9-10-18(2)14-6-4-7-15(12-14)19-3/h4-8,11-13,17H,9-10H2,1-3H3. The van der Waals surface area contributed by atoms with Crippen molar-refractivity contribution >= 4 is 5.69 Å². The summed E-state index contributed by atoms with van der Waals surface area (Å²) < 4.78 is 10.6. The Hall–Kier alpha value is -1.94. The molecule has 0 fully saturated rings. The van der Waals surface area contributed by atoms with Crippen LogP contribution in [-0.4, -0.2) is 27.2 Å². The van der Waals surface area contributed by atoms with Gasteiger partial charge in [0, 0.05) is 31.9 Å². The summed E-state index contributed by atoms with van der Waals surface area (Å²) in [5.41, 5.74) is 1.15. The third kappa shape index (κ3) is 3.78. The molecule has 1 aromatic carbocycles. The number of hydrogen-bond acceptors (Lipinski definition) is 4. The molecular weight excluding hydrogens is 252 g/mol. The molecule has 0 radical (unpaired) electrons. The number of hydrogen-bond donors (Lipinski definition) is 1. The van der Waals surface area contributed by atoms with E-state index in [1.165, 1.54) is 0 Å². The van der Waals surface area contributed by atoms with E-state index in [2.05, 4.69) is 30.3 Å². The van der Waals surface area contributed by atoms with Gasteiger partial charge in [0.2, 0.25) is 0 Å². The zero-order valence-electron chi connectivity index (χ0n) is 12.3. The van der Waals surface area contributed by atoms with E-state index < -0.39 is 0 Å². The van der Waals surface area contributed by atoms with E-state index >= 15 is 0 Å². The number of methoxy groups -OCH3 is 1. The smallest absolute Gasteiger partial charge is 0.120 e. The van der Waals surface area contributed by atoms with E-state index in [4.69, 9.17) is 9.15 Å². The van der Waals surface area contributed by atoms with Crippen molar-refractivity contribution in [2.45, 2.75) is 13.0 Å². The molecule has 0 aliphatic carbocycles. The Kier molecular flexibility index (Phi) is 5.07. The largest absolute Gasteiger partial charge is 0.497 e. The summed E-state index contributed by atoms with van der Waals surface area (Å²) in [6.07, 6.45) is 1.70. The van der Waals surface area contributed by atoms with E-state index in [1.807, 2.05) is 30.3 Å². The van der Waals surface area contributed by atoms with E-state index in [-0.39, 0.29) is 6.04 Å². The van der Waals surface area contributed by atoms with Crippen LogP contribution < -0.4 is 15.0 Å². The minimum absolute atomic E-state index is 0.226. The van der Waals surface area contributed by atoms with Gasteiger partial charge in [0.15, 0.2) is 0 Å². The van der Waals surface area contributed by atoms with Crippen LogP contribution >= 0.6 is 0 Å². The fourth-order valence-electron chi connectivity index (χ4n) is 2.06. The molecule has 4 nitrogen and oxygen atoms in total. The summed E-state index contributed by atoms with van der Waals surface area (Å²) in [7, 11) is 3.76. The van der Waals surface area contributed by atoms with Crippen LogP contribution in [0.15, 0.2) is 47.1 Å². The first-order valence-electron chi connectivity index (χ1n) is 6.82. The van der Waals surface area contributed by atoms with Crippen LogP contribution in [0.2, 0.25) is 0 Å². The summed E-state index contributed by atoms with van der Waals surface area (Å²) in [6, 6.07) is 12.2. The van der Waals surface area contributed by atoms with E-state index in [1.54, 1.807) is 13.4 Å². The molecule has 108 valence electrons. The fraction of sp³-hybridized carbons (Fsp3) is 0.375. The first-order chi connectivity index (χ1) is 9.70. The Balaban J connectivity index is 1.81. The van der Waals surface area contributed by atoms with Gasteiger partial charge in [-0.15, -0.1) is 0 Å². The molecule has 1 aromatic heterocycles. The summed E-state index contributed by atoms with van der Waals surface area (Å²) in [5.74, 6) is 1.85. The van der Waals surface area contributed by atoms with Crippen molar-refractivity contribution in [2.24, 2.45) is 0 Å². The summed E-state index contributed by atoms with van der Waals surface area (Å²) >= 11 is 0. The molecule has 4 heteroatoms. The molecule has 1 heterocycles. The number of nitrogens with one attached hydrogen (secondary N) is 1. The van der Waals surface area contributed by atoms with Crippen molar-refractivity contribution in [1.82, 2.24) is 5.32 Å². The predicted octanol–water partition coefficient (Wildman–Crippen LogP) is 3.08. The average Bonchev–Trinajstić information content (AvgIpc) is 3.01. The monoisotopic (exact) mass is 274 g/mol. The normalized spacial score (nSPS) is 12.2. The molecule has 1 unspecified atom stereocenters. The van der Waals surface area contributed by atoms with Gasteiger partial charge in [0.25, 0.3) is 0 Å². The lowest BCUT2D eigenvalue weighted by Crippen LogP contribution is -2.30. The van der Waals surface area contributed by atoms with Gasteiger partial charge in [-0.05, 0) is 31.2 Å². The fourth-order valence-corrected chi connectivity index (χ4v) is 2.06. The third-order valence-electron chi connectivity index (χ3n) is 3.36. The van der Waals surface area contributed by atoms with Gasteiger partial charge in [-0.3, -0.25) is 0 Å². The molecule has 1 atom stereocenters. The Morgan fingerprint density at radius 1 is 1.30 bits per heavy atom. The summed E-state index contributed by atoms with van der Waals surface area (Å²) in [5, 5.41) is 3.45. The van der Waals surface area contributed by atoms with Gasteiger partial charge in [0.1, 0.15) is 11.5 Å². The van der Waals surface area contributed by atoms with Crippen LogP contribution in [0.25, 0.3) is 0 Å². The van der Waals surface area contributed by atoms with Gasteiger partial charge in [-0.25, -0.2) is 0 Å². The number of benzene rings is 1. The van der Waals surface area contributed by atoms with Crippen LogP contribution in [0.5, 0.6) is 5.75 Å². The van der Waals surface area contributed by atoms with Crippen LogP contribution in [0.4, 0.5) is 5.69 Å². The molecule has 0 aliphatic rings. The van der Waals surface area contributed by atoms with Crippen LogP contribution in [0.3, 0.4) is 0 Å². The zero-order chi connectivity index (χ0) is 14.4. The maximum absolute atomic E-state index is 5.38. The molecule has 1 N–H and O–H groups in total. The van der Waals surface area contributed by atoms with Crippen molar-refractivity contribution in [1.29, 1.82) is 0 Å². The molecule has 0 saturated carbocycles. The predicted molar refractivity (Wildman–Crippen MR) is 81.4 cm³/mol. The Bertz CT molecular complexity index is 511. The minimum atomic E-state index is 0.226. The van der Waals surface area contributed by atoms with Crippen molar-refractivity contribution in [3.8, 4) is 5.75 Å². The Morgan fingerprint density at radius 2 is 2.15 bits per heavy atom. The lowest BCUT2D eigenvalue weighted by atomic mass is 10.2. The summed E-state index contributed by atoms with van der Waals surface area (Å²) in [4.78, 5) is 2.20. The Labute approximate surface area is 120 Å². The maximum atomic E-state index is 5.38. The highest BCUT2D eigenvalue weighted by Crippen LogP contribution is 2.19. The number of rotatable bonds is 7. The molecule has 0 bridgehead atoms. The van der Waals surface area contributed by atoms with Gasteiger partial charge >= 0.3 is 0 Å². The molecule has 0 aliphatic heterocycles. The maximum Gasteiger partial charge on any atom is 0.120 e. The summed E-state index contributed by atoms with van der Waals surface area (Å²) in [6.45, 7) is 3.90. The SMILES string of the molecule is COc1cccc(N(C)CCNC(C)c2ccco2)c1. The molecule has 20 heavy (non-hydrogen) atoms. The molecular formula is C16H22N2O2. The van der Waals surface area contributed by atoms with Gasteiger partial charge < -0.3 is 19.4 Å². The van der Waals surface area contributed by atoms with Gasteiger partial charge in [0.05, 0.1) is 19.4 Å². The molecule has 2 rings (SSSR count). The molecule has 0 spiro atoms. The van der Waals surface area contributed by atoms with Crippen molar-refractivity contribution in [3.63, 3.8) is 0 Å². The van der Waals surface area contributed by atoms with Crippen molar-refractivity contribution in [2.75, 3.05) is 32.1 Å². The molecule has 2 aromatic rings. The number of ether oxygens (including phenoxy) is 1. The van der Waals surface area contributed by atoms with E-state index in [0.29, 0.717) is 0 Å². The van der Waals surface area contributed by atoms with Crippen LogP contribution in [-0.2, 0) is 0 Å². The van der Waals surface area contributed by atoms with E-state index in [0.717, 1.165) is 30.3 Å². The van der Waals surface area contributed by atoms with Crippen LogP contribution in [0, 0.1) is 0 Å². The number of anilines is 1. The third-order valence-corrected chi connectivity index (χ3v) is 3.36. The Morgan fingerprint density at radius 3 is 2.85 bits per heavy atom. The quantitative estimate of drug-likeness (QED) is 0.842. The van der Waals surface area contributed by atoms with Crippen LogP contribution in [0.1, 0.15) is 18.7 Å². The van der Waals surface area contributed by atoms with Crippen molar-refractivity contribution in [3.05, 3.63) is 48.4 Å². The minimum Gasteiger partial charge on any atom is -0.497 e. The number of likely N-dealkylation sites (N-methyl/N-ethyl adjacent to an activating group) is 1. The lowest BCUT2D eigenvalue weighted by Gasteiger charge is -2.21. The number of nitrogens with zero attached hydrogens (tertiary/aromatic N) is 1.